The van der Waals surface area contributed by atoms with Crippen molar-refractivity contribution in [3.05, 3.63) is 0 Å². The van der Waals surface area contributed by atoms with Gasteiger partial charge in [-0.2, -0.15) is 8.78 Å². The van der Waals surface area contributed by atoms with Crippen LogP contribution >= 0.6 is 7.60 Å². The molecule has 10 heteroatoms. The summed E-state index contributed by atoms with van der Waals surface area (Å²) in [4.78, 5) is 11.7. The number of alkyl halides is 2. The molecule has 0 aliphatic carbocycles. The number of amides is 1. The van der Waals surface area contributed by atoms with Gasteiger partial charge in [-0.3, -0.25) is 4.57 Å². The first-order valence-electron chi connectivity index (χ1n) is 7.72. The van der Waals surface area contributed by atoms with Crippen LogP contribution in [0, 0.1) is 5.92 Å². The van der Waals surface area contributed by atoms with Gasteiger partial charge in [0.15, 0.2) is 0 Å². The Kier molecular flexibility index (Phi) is 8.79. The highest BCUT2D eigenvalue weighted by Gasteiger charge is 2.59. The SMILES string of the molecule is CCOP(=O)(OCC)C(F)(F)[C@@H](C)[C@@H](CO)NC(=O)OC(C)(C)C. The molecule has 0 bridgehead atoms. The third-order valence-electron chi connectivity index (χ3n) is 3.01. The van der Waals surface area contributed by atoms with E-state index < -0.39 is 43.5 Å². The van der Waals surface area contributed by atoms with E-state index >= 15 is 0 Å². The first kappa shape index (κ1) is 23.2. The van der Waals surface area contributed by atoms with E-state index in [4.69, 9.17) is 13.8 Å². The van der Waals surface area contributed by atoms with Gasteiger partial charge < -0.3 is 24.2 Å². The van der Waals surface area contributed by atoms with Crippen molar-refractivity contribution >= 4 is 13.7 Å². The second kappa shape index (κ2) is 9.08. The number of hydrogen-bond acceptors (Lipinski definition) is 6. The minimum Gasteiger partial charge on any atom is -0.444 e. The fourth-order valence-corrected chi connectivity index (χ4v) is 3.61. The molecule has 0 spiro atoms. The fraction of sp³-hybridized carbons (Fsp3) is 0.929. The van der Waals surface area contributed by atoms with Crippen molar-refractivity contribution in [2.24, 2.45) is 5.92 Å². The second-order valence-corrected chi connectivity index (χ2v) is 8.25. The van der Waals surface area contributed by atoms with E-state index in [9.17, 15) is 23.2 Å². The molecule has 2 atom stereocenters. The van der Waals surface area contributed by atoms with Crippen molar-refractivity contribution < 1.29 is 37.0 Å². The van der Waals surface area contributed by atoms with E-state index in [1.165, 1.54) is 13.8 Å². The standard InChI is InChI=1S/C14H28F2NO6P/c1-7-21-24(20,22-8-2)14(15,16)10(3)11(9-18)17-12(19)23-13(4,5)6/h10-11,18H,7-9H2,1-6H3,(H,17,19)/t10-,11+/m0/s1. The maximum absolute atomic E-state index is 14.6. The highest BCUT2D eigenvalue weighted by molar-refractivity contribution is 7.55. The number of ether oxygens (including phenoxy) is 1. The van der Waals surface area contributed by atoms with Gasteiger partial charge in [0, 0.05) is 0 Å². The number of halogens is 2. The summed E-state index contributed by atoms with van der Waals surface area (Å²) in [5.74, 6) is -1.72. The number of nitrogens with one attached hydrogen (secondary N) is 1. The highest BCUT2D eigenvalue weighted by Crippen LogP contribution is 2.65. The second-order valence-electron chi connectivity index (χ2n) is 6.14. The van der Waals surface area contributed by atoms with Crippen molar-refractivity contribution in [2.75, 3.05) is 19.8 Å². The summed E-state index contributed by atoms with van der Waals surface area (Å²) in [6.07, 6.45) is -0.966. The Morgan fingerprint density at radius 1 is 1.21 bits per heavy atom. The predicted molar refractivity (Wildman–Crippen MR) is 85.2 cm³/mol. The number of aliphatic hydroxyl groups is 1. The van der Waals surface area contributed by atoms with E-state index in [0.717, 1.165) is 6.92 Å². The summed E-state index contributed by atoms with van der Waals surface area (Å²) >= 11 is 0. The van der Waals surface area contributed by atoms with E-state index in [1.807, 2.05) is 0 Å². The lowest BCUT2D eigenvalue weighted by Crippen LogP contribution is -2.49. The molecule has 2 N–H and O–H groups in total. The molecule has 144 valence electrons. The van der Waals surface area contributed by atoms with Crippen LogP contribution in [-0.4, -0.2) is 48.3 Å². The molecule has 0 aromatic rings. The lowest BCUT2D eigenvalue weighted by Gasteiger charge is -2.34. The zero-order chi connectivity index (χ0) is 19.2. The molecule has 1 amide bonds. The summed E-state index contributed by atoms with van der Waals surface area (Å²) in [5, 5.41) is 11.5. The zero-order valence-electron chi connectivity index (χ0n) is 15.0. The van der Waals surface area contributed by atoms with Crippen molar-refractivity contribution in [1.29, 1.82) is 0 Å². The highest BCUT2D eigenvalue weighted by atomic mass is 31.2. The number of alkyl carbamates (subject to hydrolysis) is 1. The molecule has 0 saturated heterocycles. The van der Waals surface area contributed by atoms with Crippen LogP contribution < -0.4 is 5.32 Å². The third-order valence-corrected chi connectivity index (χ3v) is 5.35. The molecular weight excluding hydrogens is 347 g/mol. The third kappa shape index (κ3) is 6.27. The molecular formula is C14H28F2NO6P. The van der Waals surface area contributed by atoms with Gasteiger partial charge in [-0.05, 0) is 34.6 Å². The Balaban J connectivity index is 5.31. The number of carbonyl (C=O) groups is 1. The summed E-state index contributed by atoms with van der Waals surface area (Å²) in [5.41, 5.74) is -4.75. The van der Waals surface area contributed by atoms with Crippen LogP contribution in [0.3, 0.4) is 0 Å². The quantitative estimate of drug-likeness (QED) is 0.600. The van der Waals surface area contributed by atoms with Crippen molar-refractivity contribution in [3.63, 3.8) is 0 Å². The smallest absolute Gasteiger partial charge is 0.407 e. The number of aliphatic hydroxyl groups excluding tert-OH is 1. The normalized spacial score (nSPS) is 15.7. The van der Waals surface area contributed by atoms with Crippen molar-refractivity contribution in [2.45, 2.75) is 58.8 Å². The molecule has 0 rings (SSSR count). The van der Waals surface area contributed by atoms with Crippen LogP contribution in [0.5, 0.6) is 0 Å². The topological polar surface area (TPSA) is 94.1 Å². The van der Waals surface area contributed by atoms with E-state index in [2.05, 4.69) is 5.32 Å². The number of hydrogen-bond donors (Lipinski definition) is 2. The van der Waals surface area contributed by atoms with E-state index in [1.54, 1.807) is 20.8 Å². The minimum absolute atomic E-state index is 0.233. The van der Waals surface area contributed by atoms with Gasteiger partial charge >= 0.3 is 19.4 Å². The zero-order valence-corrected chi connectivity index (χ0v) is 15.9. The molecule has 0 aliphatic rings. The summed E-state index contributed by atoms with van der Waals surface area (Å²) in [7, 11) is -4.77. The maximum atomic E-state index is 14.6. The first-order chi connectivity index (χ1) is 10.8. The van der Waals surface area contributed by atoms with Crippen LogP contribution in [0.15, 0.2) is 0 Å². The Bertz CT molecular complexity index is 445. The van der Waals surface area contributed by atoms with Gasteiger partial charge in [-0.1, -0.05) is 6.92 Å². The molecule has 0 fully saturated rings. The lowest BCUT2D eigenvalue weighted by molar-refractivity contribution is -0.0288. The van der Waals surface area contributed by atoms with E-state index in [-0.39, 0.29) is 13.2 Å². The van der Waals surface area contributed by atoms with Crippen LogP contribution in [-0.2, 0) is 18.3 Å². The fourth-order valence-electron chi connectivity index (χ4n) is 1.83. The minimum atomic E-state index is -4.77. The Morgan fingerprint density at radius 2 is 1.67 bits per heavy atom. The van der Waals surface area contributed by atoms with Gasteiger partial charge in [0.1, 0.15) is 5.60 Å². The first-order valence-corrected chi connectivity index (χ1v) is 9.26. The molecule has 0 heterocycles. The molecule has 0 aliphatic heterocycles. The molecule has 0 aromatic carbocycles. The van der Waals surface area contributed by atoms with Crippen LogP contribution in [0.4, 0.5) is 13.6 Å². The summed E-state index contributed by atoms with van der Waals surface area (Å²) in [6, 6.07) is -1.40. The Morgan fingerprint density at radius 3 is 2.00 bits per heavy atom. The summed E-state index contributed by atoms with van der Waals surface area (Å²) in [6.45, 7) is 7.43. The average Bonchev–Trinajstić information content (AvgIpc) is 2.42. The monoisotopic (exact) mass is 375 g/mol. The van der Waals surface area contributed by atoms with Gasteiger partial charge in [0.2, 0.25) is 0 Å². The van der Waals surface area contributed by atoms with Gasteiger partial charge in [0.05, 0.1) is 31.8 Å². The van der Waals surface area contributed by atoms with E-state index in [0.29, 0.717) is 0 Å². The molecule has 0 aromatic heterocycles. The molecule has 0 saturated carbocycles. The maximum Gasteiger partial charge on any atom is 0.407 e. The Hall–Kier alpha value is -0.760. The predicted octanol–water partition coefficient (Wildman–Crippen LogP) is 3.37. The van der Waals surface area contributed by atoms with Gasteiger partial charge in [-0.25, -0.2) is 4.79 Å². The molecule has 7 nitrogen and oxygen atoms in total. The van der Waals surface area contributed by atoms with Gasteiger partial charge in [-0.15, -0.1) is 0 Å². The summed E-state index contributed by atoms with van der Waals surface area (Å²) < 4.78 is 56.1. The number of carbonyl (C=O) groups excluding carboxylic acids is 1. The average molecular weight is 375 g/mol. The molecule has 0 unspecified atom stereocenters. The van der Waals surface area contributed by atoms with Crippen LogP contribution in [0.2, 0.25) is 0 Å². The van der Waals surface area contributed by atoms with Crippen LogP contribution in [0.25, 0.3) is 0 Å². The van der Waals surface area contributed by atoms with Crippen LogP contribution in [0.1, 0.15) is 41.5 Å². The largest absolute Gasteiger partial charge is 0.444 e. The lowest BCUT2D eigenvalue weighted by atomic mass is 10.0. The molecule has 0 radical (unpaired) electrons. The van der Waals surface area contributed by atoms with Crippen molar-refractivity contribution in [3.8, 4) is 0 Å². The van der Waals surface area contributed by atoms with Gasteiger partial charge in [0.25, 0.3) is 0 Å². The van der Waals surface area contributed by atoms with Crippen molar-refractivity contribution in [1.82, 2.24) is 5.32 Å². The molecule has 24 heavy (non-hydrogen) atoms. The Labute approximate surface area is 141 Å². The number of rotatable bonds is 9.